The van der Waals surface area contributed by atoms with Gasteiger partial charge in [0.25, 0.3) is 6.43 Å². The third-order valence-electron chi connectivity index (χ3n) is 4.95. The van der Waals surface area contributed by atoms with Crippen molar-refractivity contribution < 1.29 is 8.78 Å². The van der Waals surface area contributed by atoms with Gasteiger partial charge in [-0.15, -0.1) is 0 Å². The molecule has 1 saturated carbocycles. The average molecular weight is 294 g/mol. The molecule has 0 bridgehead atoms. The molecule has 2 unspecified atom stereocenters. The topological polar surface area (TPSA) is 15.3 Å². The van der Waals surface area contributed by atoms with Crippen molar-refractivity contribution >= 4 is 0 Å². The van der Waals surface area contributed by atoms with E-state index in [4.69, 9.17) is 0 Å². The molecule has 1 heterocycles. The highest BCUT2D eigenvalue weighted by molar-refractivity contribution is 5.17. The second-order valence-corrected chi connectivity index (χ2v) is 6.74. The number of alkyl halides is 2. The summed E-state index contributed by atoms with van der Waals surface area (Å²) in [5, 5.41) is 3.64. The Morgan fingerprint density at radius 1 is 1.29 bits per heavy atom. The van der Waals surface area contributed by atoms with Crippen molar-refractivity contribution in [3.05, 3.63) is 35.9 Å². The SMILES string of the molecule is CC1(C2CC2)CN(CC(F)F)C(Cc2ccccc2)CN1. The van der Waals surface area contributed by atoms with E-state index in [-0.39, 0.29) is 18.1 Å². The number of nitrogens with zero attached hydrogens (tertiary/aromatic N) is 1. The molecule has 0 amide bonds. The van der Waals surface area contributed by atoms with Gasteiger partial charge >= 0.3 is 0 Å². The number of hydrogen-bond donors (Lipinski definition) is 1. The predicted molar refractivity (Wildman–Crippen MR) is 80.6 cm³/mol. The Kier molecular flexibility index (Phi) is 4.27. The van der Waals surface area contributed by atoms with Crippen LogP contribution in [-0.2, 0) is 6.42 Å². The lowest BCUT2D eigenvalue weighted by molar-refractivity contribution is 0.0184. The standard InChI is InChI=1S/C17H24F2N2/c1-17(14-7-8-14)12-21(11-16(18)19)15(10-20-17)9-13-5-3-2-4-6-13/h2-6,14-16,20H,7-12H2,1H3. The highest BCUT2D eigenvalue weighted by Gasteiger charge is 2.46. The first-order chi connectivity index (χ1) is 10.1. The average Bonchev–Trinajstić information content (AvgIpc) is 3.27. The third kappa shape index (κ3) is 3.61. The van der Waals surface area contributed by atoms with Gasteiger partial charge in [-0.2, -0.15) is 0 Å². The summed E-state index contributed by atoms with van der Waals surface area (Å²) in [6, 6.07) is 10.3. The minimum Gasteiger partial charge on any atom is -0.308 e. The van der Waals surface area contributed by atoms with E-state index in [9.17, 15) is 8.78 Å². The van der Waals surface area contributed by atoms with Gasteiger partial charge in [0.15, 0.2) is 0 Å². The lowest BCUT2D eigenvalue weighted by atomic mass is 9.89. The van der Waals surface area contributed by atoms with Crippen LogP contribution >= 0.6 is 0 Å². The maximum atomic E-state index is 12.9. The Bertz CT molecular complexity index is 461. The summed E-state index contributed by atoms with van der Waals surface area (Å²) in [4.78, 5) is 2.01. The maximum Gasteiger partial charge on any atom is 0.251 e. The summed E-state index contributed by atoms with van der Waals surface area (Å²) in [5.74, 6) is 0.662. The van der Waals surface area contributed by atoms with Gasteiger partial charge in [0.2, 0.25) is 0 Å². The number of rotatable bonds is 5. The van der Waals surface area contributed by atoms with Crippen LogP contribution in [-0.4, -0.2) is 42.5 Å². The highest BCUT2D eigenvalue weighted by atomic mass is 19.3. The summed E-state index contributed by atoms with van der Waals surface area (Å²) in [5.41, 5.74) is 1.24. The van der Waals surface area contributed by atoms with E-state index in [0.29, 0.717) is 5.92 Å². The Labute approximate surface area is 125 Å². The van der Waals surface area contributed by atoms with Crippen LogP contribution in [0.3, 0.4) is 0 Å². The van der Waals surface area contributed by atoms with Crippen molar-refractivity contribution in [2.75, 3.05) is 19.6 Å². The van der Waals surface area contributed by atoms with Crippen molar-refractivity contribution in [1.82, 2.24) is 10.2 Å². The molecule has 1 aliphatic heterocycles. The summed E-state index contributed by atoms with van der Waals surface area (Å²) in [6.45, 7) is 3.62. The van der Waals surface area contributed by atoms with Crippen LogP contribution in [0, 0.1) is 5.92 Å². The van der Waals surface area contributed by atoms with Gasteiger partial charge < -0.3 is 5.32 Å². The first-order valence-corrected chi connectivity index (χ1v) is 7.88. The molecule has 2 atom stereocenters. The highest BCUT2D eigenvalue weighted by Crippen LogP contribution is 2.41. The fourth-order valence-corrected chi connectivity index (χ4v) is 3.56. The number of hydrogen-bond acceptors (Lipinski definition) is 2. The van der Waals surface area contributed by atoms with E-state index in [0.717, 1.165) is 19.5 Å². The number of nitrogens with one attached hydrogen (secondary N) is 1. The monoisotopic (exact) mass is 294 g/mol. The van der Waals surface area contributed by atoms with E-state index < -0.39 is 6.43 Å². The van der Waals surface area contributed by atoms with Gasteiger partial charge in [-0.1, -0.05) is 30.3 Å². The number of halogens is 2. The first kappa shape index (κ1) is 14.9. The van der Waals surface area contributed by atoms with Crippen molar-refractivity contribution in [1.29, 1.82) is 0 Å². The van der Waals surface area contributed by atoms with Crippen LogP contribution in [0.4, 0.5) is 8.78 Å². The van der Waals surface area contributed by atoms with E-state index in [1.165, 1.54) is 18.4 Å². The smallest absolute Gasteiger partial charge is 0.251 e. The Balaban J connectivity index is 1.69. The quantitative estimate of drug-likeness (QED) is 0.898. The van der Waals surface area contributed by atoms with Crippen LogP contribution < -0.4 is 5.32 Å². The van der Waals surface area contributed by atoms with Crippen molar-refractivity contribution in [3.8, 4) is 0 Å². The normalized spacial score (nSPS) is 30.8. The van der Waals surface area contributed by atoms with Crippen LogP contribution in [0.5, 0.6) is 0 Å². The molecule has 4 heteroatoms. The summed E-state index contributed by atoms with van der Waals surface area (Å²) >= 11 is 0. The lowest BCUT2D eigenvalue weighted by Crippen LogP contribution is -2.65. The van der Waals surface area contributed by atoms with E-state index >= 15 is 0 Å². The third-order valence-corrected chi connectivity index (χ3v) is 4.95. The molecule has 0 radical (unpaired) electrons. The maximum absolute atomic E-state index is 12.9. The van der Waals surface area contributed by atoms with Crippen LogP contribution in [0.15, 0.2) is 30.3 Å². The van der Waals surface area contributed by atoms with Gasteiger partial charge in [0, 0.05) is 24.7 Å². The Morgan fingerprint density at radius 3 is 2.62 bits per heavy atom. The minimum atomic E-state index is -2.26. The van der Waals surface area contributed by atoms with Gasteiger partial charge in [-0.3, -0.25) is 4.90 Å². The van der Waals surface area contributed by atoms with Crippen LogP contribution in [0.25, 0.3) is 0 Å². The van der Waals surface area contributed by atoms with E-state index in [1.54, 1.807) is 0 Å². The van der Waals surface area contributed by atoms with Gasteiger partial charge in [-0.05, 0) is 37.7 Å². The summed E-state index contributed by atoms with van der Waals surface area (Å²) in [7, 11) is 0. The zero-order chi connectivity index (χ0) is 14.9. The second kappa shape index (κ2) is 6.01. The fourth-order valence-electron chi connectivity index (χ4n) is 3.56. The molecule has 1 aromatic rings. The van der Waals surface area contributed by atoms with Crippen molar-refractivity contribution in [2.45, 2.75) is 44.2 Å². The van der Waals surface area contributed by atoms with E-state index in [1.807, 2.05) is 23.1 Å². The van der Waals surface area contributed by atoms with Crippen LogP contribution in [0.1, 0.15) is 25.3 Å². The molecule has 2 aliphatic rings. The van der Waals surface area contributed by atoms with Crippen molar-refractivity contribution in [2.24, 2.45) is 5.92 Å². The Hall–Kier alpha value is -1.00. The largest absolute Gasteiger partial charge is 0.308 e. The zero-order valence-electron chi connectivity index (χ0n) is 12.6. The van der Waals surface area contributed by atoms with Crippen molar-refractivity contribution in [3.63, 3.8) is 0 Å². The van der Waals surface area contributed by atoms with Gasteiger partial charge in [0.1, 0.15) is 0 Å². The number of piperazine rings is 1. The summed E-state index contributed by atoms with van der Waals surface area (Å²) < 4.78 is 25.9. The molecular weight excluding hydrogens is 270 g/mol. The molecule has 1 N–H and O–H groups in total. The van der Waals surface area contributed by atoms with Crippen LogP contribution in [0.2, 0.25) is 0 Å². The molecule has 2 nitrogen and oxygen atoms in total. The molecular formula is C17H24F2N2. The molecule has 3 rings (SSSR count). The van der Waals surface area contributed by atoms with Gasteiger partial charge in [0.05, 0.1) is 6.54 Å². The summed E-state index contributed by atoms with van der Waals surface area (Å²) in [6.07, 6.45) is 1.04. The first-order valence-electron chi connectivity index (χ1n) is 7.88. The molecule has 1 aromatic carbocycles. The number of benzene rings is 1. The Morgan fingerprint density at radius 2 is 2.00 bits per heavy atom. The molecule has 116 valence electrons. The molecule has 1 aliphatic carbocycles. The molecule has 21 heavy (non-hydrogen) atoms. The minimum absolute atomic E-state index is 0.0160. The van der Waals surface area contributed by atoms with E-state index in [2.05, 4.69) is 24.4 Å². The van der Waals surface area contributed by atoms with Gasteiger partial charge in [-0.25, -0.2) is 8.78 Å². The molecule has 1 saturated heterocycles. The molecule has 2 fully saturated rings. The predicted octanol–water partition coefficient (Wildman–Crippen LogP) is 2.94. The molecule has 0 spiro atoms. The zero-order valence-corrected chi connectivity index (χ0v) is 12.6. The second-order valence-electron chi connectivity index (χ2n) is 6.74. The fraction of sp³-hybridized carbons (Fsp3) is 0.647. The lowest BCUT2D eigenvalue weighted by Gasteiger charge is -2.46. The molecule has 0 aromatic heterocycles.